The normalized spacial score (nSPS) is 16.0. The lowest BCUT2D eigenvalue weighted by molar-refractivity contribution is -0.0902. The maximum atomic E-state index is 12.9. The summed E-state index contributed by atoms with van der Waals surface area (Å²) >= 11 is 0. The summed E-state index contributed by atoms with van der Waals surface area (Å²) in [5.74, 6) is 0.00642. The van der Waals surface area contributed by atoms with Gasteiger partial charge in [0.2, 0.25) is 5.90 Å². The molecule has 0 unspecified atom stereocenters. The average molecular weight is 270 g/mol. The van der Waals surface area contributed by atoms with E-state index in [-0.39, 0.29) is 5.90 Å². The van der Waals surface area contributed by atoms with E-state index in [0.29, 0.717) is 18.8 Å². The molecule has 1 aliphatic rings. The van der Waals surface area contributed by atoms with Gasteiger partial charge in [-0.3, -0.25) is 0 Å². The number of hydrogen-bond acceptors (Lipinski definition) is 3. The third kappa shape index (κ3) is 3.74. The van der Waals surface area contributed by atoms with Crippen molar-refractivity contribution in [1.29, 1.82) is 0 Å². The number of nitrogens with one attached hydrogen (secondary N) is 1. The number of ether oxygens (including phenoxy) is 1. The van der Waals surface area contributed by atoms with Gasteiger partial charge in [-0.15, -0.1) is 0 Å². The van der Waals surface area contributed by atoms with Crippen molar-refractivity contribution in [3.05, 3.63) is 41.6 Å². The first kappa shape index (κ1) is 13.5. The molecule has 1 heterocycles. The van der Waals surface area contributed by atoms with Gasteiger partial charge in [0, 0.05) is 11.8 Å². The van der Waals surface area contributed by atoms with Crippen molar-refractivity contribution >= 4 is 11.6 Å². The second-order valence-electron chi connectivity index (χ2n) is 4.12. The number of aliphatic imine (C=N–C) groups is 1. The number of benzene rings is 1. The Balaban J connectivity index is 2.21. The molecular weight excluding hydrogens is 257 g/mol. The molecule has 0 saturated heterocycles. The number of rotatable bonds is 3. The van der Waals surface area contributed by atoms with Crippen LogP contribution in [0.25, 0.3) is 0 Å². The molecule has 0 aliphatic carbocycles. The Morgan fingerprint density at radius 1 is 1.32 bits per heavy atom. The molecule has 6 heteroatoms. The SMILES string of the molecule is Cc1ccc(N/C(=C\C2=NCCO2)C(F)(F)F)cc1. The summed E-state index contributed by atoms with van der Waals surface area (Å²) in [7, 11) is 0. The van der Waals surface area contributed by atoms with Crippen LogP contribution in [0.1, 0.15) is 5.56 Å². The monoisotopic (exact) mass is 270 g/mol. The lowest BCUT2D eigenvalue weighted by Crippen LogP contribution is -2.20. The van der Waals surface area contributed by atoms with Crippen LogP contribution in [-0.4, -0.2) is 25.2 Å². The van der Waals surface area contributed by atoms with Crippen LogP contribution in [0.2, 0.25) is 0 Å². The third-order valence-electron chi connectivity index (χ3n) is 2.51. The minimum atomic E-state index is -4.49. The predicted octanol–water partition coefficient (Wildman–Crippen LogP) is 3.28. The van der Waals surface area contributed by atoms with Gasteiger partial charge < -0.3 is 10.1 Å². The molecule has 102 valence electrons. The van der Waals surface area contributed by atoms with Crippen molar-refractivity contribution in [1.82, 2.24) is 0 Å². The standard InChI is InChI=1S/C13H13F3N2O/c1-9-2-4-10(5-3-9)18-11(13(14,15)16)8-12-17-6-7-19-12/h2-5,8,18H,6-7H2,1H3/b11-8-. The summed E-state index contributed by atoms with van der Waals surface area (Å²) < 4.78 is 43.7. The molecule has 3 nitrogen and oxygen atoms in total. The van der Waals surface area contributed by atoms with Crippen molar-refractivity contribution in [2.45, 2.75) is 13.1 Å². The molecule has 1 aliphatic heterocycles. The maximum Gasteiger partial charge on any atom is 0.431 e. The molecular formula is C13H13F3N2O. The largest absolute Gasteiger partial charge is 0.476 e. The van der Waals surface area contributed by atoms with Crippen LogP contribution in [0.4, 0.5) is 18.9 Å². The minimum absolute atomic E-state index is 0.00642. The molecule has 0 saturated carbocycles. The highest BCUT2D eigenvalue weighted by atomic mass is 19.4. The first-order valence-corrected chi connectivity index (χ1v) is 5.75. The Labute approximate surface area is 108 Å². The second kappa shape index (κ2) is 5.34. The first-order valence-electron chi connectivity index (χ1n) is 5.75. The molecule has 19 heavy (non-hydrogen) atoms. The molecule has 1 N–H and O–H groups in total. The number of alkyl halides is 3. The van der Waals surface area contributed by atoms with Crippen LogP contribution in [0.3, 0.4) is 0 Å². The molecule has 0 atom stereocenters. The lowest BCUT2D eigenvalue weighted by Gasteiger charge is -2.14. The van der Waals surface area contributed by atoms with Gasteiger partial charge in [0.05, 0.1) is 6.54 Å². The summed E-state index contributed by atoms with van der Waals surface area (Å²) in [6.45, 7) is 2.58. The van der Waals surface area contributed by atoms with Gasteiger partial charge in [-0.2, -0.15) is 13.2 Å². The number of anilines is 1. The molecule has 0 amide bonds. The fraction of sp³-hybridized carbons (Fsp3) is 0.308. The van der Waals surface area contributed by atoms with Crippen molar-refractivity contribution in [2.75, 3.05) is 18.5 Å². The number of halogens is 3. The van der Waals surface area contributed by atoms with Crippen LogP contribution in [0, 0.1) is 6.92 Å². The van der Waals surface area contributed by atoms with Crippen LogP contribution >= 0.6 is 0 Å². The quantitative estimate of drug-likeness (QED) is 0.914. The molecule has 0 fully saturated rings. The van der Waals surface area contributed by atoms with Crippen LogP contribution < -0.4 is 5.32 Å². The zero-order valence-electron chi connectivity index (χ0n) is 10.3. The Kier molecular flexibility index (Phi) is 3.78. The number of aryl methyl sites for hydroxylation is 1. The highest BCUT2D eigenvalue weighted by molar-refractivity contribution is 5.90. The average Bonchev–Trinajstić information content (AvgIpc) is 2.83. The van der Waals surface area contributed by atoms with Gasteiger partial charge >= 0.3 is 6.18 Å². The van der Waals surface area contributed by atoms with Gasteiger partial charge in [-0.25, -0.2) is 4.99 Å². The minimum Gasteiger partial charge on any atom is -0.476 e. The highest BCUT2D eigenvalue weighted by Gasteiger charge is 2.34. The Morgan fingerprint density at radius 2 is 2.00 bits per heavy atom. The van der Waals surface area contributed by atoms with E-state index in [1.807, 2.05) is 6.92 Å². The van der Waals surface area contributed by atoms with Gasteiger partial charge in [0.1, 0.15) is 12.3 Å². The summed E-state index contributed by atoms with van der Waals surface area (Å²) in [5.41, 5.74) is 0.455. The smallest absolute Gasteiger partial charge is 0.431 e. The molecule has 1 aromatic carbocycles. The van der Waals surface area contributed by atoms with E-state index in [4.69, 9.17) is 4.74 Å². The topological polar surface area (TPSA) is 33.6 Å². The zero-order chi connectivity index (χ0) is 13.9. The van der Waals surface area contributed by atoms with Gasteiger partial charge in [-0.05, 0) is 19.1 Å². The Hall–Kier alpha value is -1.98. The number of hydrogen-bond donors (Lipinski definition) is 1. The predicted molar refractivity (Wildman–Crippen MR) is 67.2 cm³/mol. The van der Waals surface area contributed by atoms with Crippen molar-refractivity contribution in [2.24, 2.45) is 4.99 Å². The fourth-order valence-electron chi connectivity index (χ4n) is 1.54. The highest BCUT2D eigenvalue weighted by Crippen LogP contribution is 2.27. The molecule has 1 aromatic rings. The third-order valence-corrected chi connectivity index (χ3v) is 2.51. The van der Waals surface area contributed by atoms with Gasteiger partial charge in [0.15, 0.2) is 0 Å². The summed E-state index contributed by atoms with van der Waals surface area (Å²) in [4.78, 5) is 3.82. The first-order chi connectivity index (χ1) is 8.95. The molecule has 0 aromatic heterocycles. The van der Waals surface area contributed by atoms with Gasteiger partial charge in [-0.1, -0.05) is 17.7 Å². The Morgan fingerprint density at radius 3 is 2.53 bits per heavy atom. The molecule has 0 bridgehead atoms. The molecule has 2 rings (SSSR count). The van der Waals surface area contributed by atoms with E-state index < -0.39 is 11.9 Å². The Bertz CT molecular complexity index is 504. The van der Waals surface area contributed by atoms with Gasteiger partial charge in [0.25, 0.3) is 0 Å². The number of allylic oxidation sites excluding steroid dienone is 1. The van der Waals surface area contributed by atoms with E-state index in [9.17, 15) is 13.2 Å². The van der Waals surface area contributed by atoms with E-state index in [1.165, 1.54) is 0 Å². The van der Waals surface area contributed by atoms with Crippen molar-refractivity contribution in [3.8, 4) is 0 Å². The summed E-state index contributed by atoms with van der Waals surface area (Å²) in [6.07, 6.45) is -3.60. The summed E-state index contributed by atoms with van der Waals surface area (Å²) in [6, 6.07) is 6.65. The maximum absolute atomic E-state index is 12.9. The van der Waals surface area contributed by atoms with E-state index >= 15 is 0 Å². The van der Waals surface area contributed by atoms with Crippen LogP contribution in [0.15, 0.2) is 41.0 Å². The lowest BCUT2D eigenvalue weighted by atomic mass is 10.2. The fourth-order valence-corrected chi connectivity index (χ4v) is 1.54. The van der Waals surface area contributed by atoms with E-state index in [2.05, 4.69) is 10.3 Å². The van der Waals surface area contributed by atoms with Crippen LogP contribution in [0.5, 0.6) is 0 Å². The van der Waals surface area contributed by atoms with E-state index in [1.54, 1.807) is 24.3 Å². The summed E-state index contributed by atoms with van der Waals surface area (Å²) in [5, 5.41) is 2.35. The molecule has 0 radical (unpaired) electrons. The molecule has 0 spiro atoms. The van der Waals surface area contributed by atoms with Crippen molar-refractivity contribution in [3.63, 3.8) is 0 Å². The van der Waals surface area contributed by atoms with Crippen molar-refractivity contribution < 1.29 is 17.9 Å². The van der Waals surface area contributed by atoms with E-state index in [0.717, 1.165) is 11.6 Å². The zero-order valence-corrected chi connectivity index (χ0v) is 10.3. The van der Waals surface area contributed by atoms with Crippen LogP contribution in [-0.2, 0) is 4.74 Å². The second-order valence-corrected chi connectivity index (χ2v) is 4.12. The number of nitrogens with zero attached hydrogens (tertiary/aromatic N) is 1.